The van der Waals surface area contributed by atoms with Crippen LogP contribution in [0.5, 0.6) is 0 Å². The van der Waals surface area contributed by atoms with Crippen LogP contribution in [0.4, 0.5) is 10.5 Å². The Balaban J connectivity index is 1.55. The number of halogens is 2. The molecule has 4 amide bonds. The van der Waals surface area contributed by atoms with E-state index in [1.54, 1.807) is 75.4 Å². The Morgan fingerprint density at radius 3 is 2.54 bits per heavy atom. The first kappa shape index (κ1) is 29.1. The summed E-state index contributed by atoms with van der Waals surface area (Å²) in [6.45, 7) is 5.17. The van der Waals surface area contributed by atoms with E-state index in [9.17, 15) is 19.2 Å². The van der Waals surface area contributed by atoms with Gasteiger partial charge in [-0.1, -0.05) is 41.4 Å². The van der Waals surface area contributed by atoms with Crippen LogP contribution in [0.2, 0.25) is 10.0 Å². The predicted molar refractivity (Wildman–Crippen MR) is 154 cm³/mol. The Kier molecular flexibility index (Phi) is 8.75. The van der Waals surface area contributed by atoms with Gasteiger partial charge in [-0.15, -0.1) is 23.5 Å². The minimum atomic E-state index is -1.80. The second kappa shape index (κ2) is 11.7. The maximum atomic E-state index is 13.7. The maximum Gasteiger partial charge on any atom is 0.355 e. The van der Waals surface area contributed by atoms with Gasteiger partial charge >= 0.3 is 12.0 Å². The number of carbonyl (C=O) groups is 4. The van der Waals surface area contributed by atoms with E-state index in [2.05, 4.69) is 16.0 Å². The molecule has 2 aliphatic rings. The smallest absolute Gasteiger partial charge is 0.355 e. The number of urea groups is 1. The van der Waals surface area contributed by atoms with E-state index in [0.717, 1.165) is 11.8 Å². The SMILES string of the molecule is CC(C)(C)OC(=O)C1=CCS[C@@H]2N1C(=O)C2(NC(=O)CSc1cc(Cl)ccc1Cl)NC(=O)Nc1ccccc1. The van der Waals surface area contributed by atoms with E-state index in [-0.39, 0.29) is 11.4 Å². The number of para-hydroxylation sites is 1. The van der Waals surface area contributed by atoms with Crippen molar-refractivity contribution in [2.24, 2.45) is 0 Å². The number of esters is 1. The summed E-state index contributed by atoms with van der Waals surface area (Å²) in [4.78, 5) is 54.5. The molecule has 9 nitrogen and oxygen atoms in total. The van der Waals surface area contributed by atoms with Gasteiger partial charge in [0.05, 0.1) is 10.8 Å². The highest BCUT2D eigenvalue weighted by atomic mass is 35.5. The van der Waals surface area contributed by atoms with Crippen molar-refractivity contribution in [2.45, 2.75) is 42.3 Å². The molecule has 2 aliphatic heterocycles. The number of hydrogen-bond donors (Lipinski definition) is 3. The summed E-state index contributed by atoms with van der Waals surface area (Å²) < 4.78 is 5.47. The van der Waals surface area contributed by atoms with Crippen molar-refractivity contribution in [3.63, 3.8) is 0 Å². The first-order valence-electron chi connectivity index (χ1n) is 11.8. The summed E-state index contributed by atoms with van der Waals surface area (Å²) in [5, 5.41) is 8.13. The Morgan fingerprint density at radius 1 is 1.13 bits per heavy atom. The largest absolute Gasteiger partial charge is 0.455 e. The Morgan fingerprint density at radius 2 is 1.85 bits per heavy atom. The summed E-state index contributed by atoms with van der Waals surface area (Å²) in [7, 11) is 0. The number of ether oxygens (including phenoxy) is 1. The van der Waals surface area contributed by atoms with E-state index in [4.69, 9.17) is 27.9 Å². The summed E-state index contributed by atoms with van der Waals surface area (Å²) in [6, 6.07) is 12.8. The van der Waals surface area contributed by atoms with Crippen LogP contribution in [0.1, 0.15) is 20.8 Å². The molecule has 0 aliphatic carbocycles. The van der Waals surface area contributed by atoms with E-state index in [0.29, 0.717) is 26.4 Å². The molecule has 2 heterocycles. The molecular weight excluding hydrogens is 583 g/mol. The Labute approximate surface area is 244 Å². The van der Waals surface area contributed by atoms with Gasteiger partial charge in [-0.05, 0) is 57.2 Å². The van der Waals surface area contributed by atoms with Crippen molar-refractivity contribution >= 4 is 76.2 Å². The highest BCUT2D eigenvalue weighted by molar-refractivity contribution is 8.00. The number of amides is 4. The molecule has 1 saturated heterocycles. The van der Waals surface area contributed by atoms with Crippen LogP contribution in [0.15, 0.2) is 65.2 Å². The lowest BCUT2D eigenvalue weighted by atomic mass is 9.96. The molecule has 1 unspecified atom stereocenters. The van der Waals surface area contributed by atoms with Crippen LogP contribution in [-0.4, -0.2) is 56.9 Å². The highest BCUT2D eigenvalue weighted by Crippen LogP contribution is 2.43. The van der Waals surface area contributed by atoms with Crippen LogP contribution in [0.3, 0.4) is 0 Å². The molecule has 206 valence electrons. The number of rotatable bonds is 7. The number of hydrogen-bond acceptors (Lipinski definition) is 7. The predicted octanol–water partition coefficient (Wildman–Crippen LogP) is 4.86. The fourth-order valence-corrected chi connectivity index (χ4v) is 6.46. The van der Waals surface area contributed by atoms with Gasteiger partial charge in [-0.3, -0.25) is 14.5 Å². The summed E-state index contributed by atoms with van der Waals surface area (Å²) in [6.07, 6.45) is 1.60. The first-order valence-corrected chi connectivity index (χ1v) is 14.6. The third-order valence-electron chi connectivity index (χ3n) is 5.49. The third-order valence-corrected chi connectivity index (χ3v) is 8.46. The molecule has 2 aromatic carbocycles. The molecule has 4 rings (SSSR count). The molecule has 3 N–H and O–H groups in total. The number of fused-ring (bicyclic) bond motifs is 1. The average molecular weight is 610 g/mol. The summed E-state index contributed by atoms with van der Waals surface area (Å²) in [5.41, 5.74) is -2.02. The number of β-lactam (4-membered cyclic amide) rings is 1. The van der Waals surface area contributed by atoms with Gasteiger partial charge in [0.25, 0.3) is 5.91 Å². The minimum Gasteiger partial charge on any atom is -0.455 e. The molecule has 0 aromatic heterocycles. The molecule has 0 bridgehead atoms. The van der Waals surface area contributed by atoms with E-state index >= 15 is 0 Å². The van der Waals surface area contributed by atoms with Crippen molar-refractivity contribution in [1.82, 2.24) is 15.5 Å². The number of benzene rings is 2. The van der Waals surface area contributed by atoms with Crippen molar-refractivity contribution in [3.05, 3.63) is 70.3 Å². The standard InChI is InChI=1S/C26H26Cl2N4O5S2/c1-25(2,3)37-21(34)18-11-12-38-23-26(22(35)32(18)23,31-24(36)29-16-7-5-4-6-8-16)30-20(33)14-39-19-13-15(27)9-10-17(19)28/h4-11,13,23H,12,14H2,1-3H3,(H,30,33)(H2,29,31,36)/t23-,26?/m0/s1. The van der Waals surface area contributed by atoms with Gasteiger partial charge in [0.2, 0.25) is 11.6 Å². The van der Waals surface area contributed by atoms with Gasteiger partial charge in [-0.25, -0.2) is 9.59 Å². The zero-order valence-corrected chi connectivity index (χ0v) is 24.4. The van der Waals surface area contributed by atoms with Crippen molar-refractivity contribution < 1.29 is 23.9 Å². The number of thioether (sulfide) groups is 2. The van der Waals surface area contributed by atoms with Crippen molar-refractivity contribution in [3.8, 4) is 0 Å². The minimum absolute atomic E-state index is 0.0638. The quantitative estimate of drug-likeness (QED) is 0.178. The normalized spacial score (nSPS) is 20.2. The monoisotopic (exact) mass is 608 g/mol. The van der Waals surface area contributed by atoms with Gasteiger partial charge in [0, 0.05) is 21.4 Å². The van der Waals surface area contributed by atoms with Gasteiger partial charge in [0.15, 0.2) is 0 Å². The Hall–Kier alpha value is -2.86. The molecular formula is C26H26Cl2N4O5S2. The van der Waals surface area contributed by atoms with Gasteiger partial charge in [0.1, 0.15) is 16.7 Å². The lowest BCUT2D eigenvalue weighted by Crippen LogP contribution is -2.86. The lowest BCUT2D eigenvalue weighted by molar-refractivity contribution is -0.165. The molecule has 0 spiro atoms. The molecule has 0 radical (unpaired) electrons. The summed E-state index contributed by atoms with van der Waals surface area (Å²) in [5.74, 6) is -1.61. The van der Waals surface area contributed by atoms with E-state index < -0.39 is 40.5 Å². The fourth-order valence-electron chi connectivity index (χ4n) is 3.91. The number of nitrogens with zero attached hydrogens (tertiary/aromatic N) is 1. The van der Waals surface area contributed by atoms with Crippen LogP contribution >= 0.6 is 46.7 Å². The van der Waals surface area contributed by atoms with Gasteiger partial charge < -0.3 is 20.7 Å². The van der Waals surface area contributed by atoms with Crippen LogP contribution in [0, 0.1) is 0 Å². The van der Waals surface area contributed by atoms with Crippen LogP contribution in [0.25, 0.3) is 0 Å². The molecule has 1 fully saturated rings. The Bertz CT molecular complexity index is 1340. The molecule has 2 atom stereocenters. The summed E-state index contributed by atoms with van der Waals surface area (Å²) >= 11 is 14.7. The van der Waals surface area contributed by atoms with Crippen LogP contribution < -0.4 is 16.0 Å². The topological polar surface area (TPSA) is 117 Å². The second-order valence-electron chi connectivity index (χ2n) is 9.62. The van der Waals surface area contributed by atoms with Crippen molar-refractivity contribution in [2.75, 3.05) is 16.8 Å². The first-order chi connectivity index (χ1) is 18.4. The maximum absolute atomic E-state index is 13.7. The molecule has 39 heavy (non-hydrogen) atoms. The van der Waals surface area contributed by atoms with E-state index in [1.807, 2.05) is 0 Å². The highest BCUT2D eigenvalue weighted by Gasteiger charge is 2.66. The van der Waals surface area contributed by atoms with Crippen LogP contribution in [-0.2, 0) is 19.1 Å². The number of anilines is 1. The van der Waals surface area contributed by atoms with Gasteiger partial charge in [-0.2, -0.15) is 0 Å². The lowest BCUT2D eigenvalue weighted by Gasteiger charge is -2.56. The molecule has 13 heteroatoms. The fraction of sp³-hybridized carbons (Fsp3) is 0.308. The molecule has 2 aromatic rings. The zero-order valence-electron chi connectivity index (χ0n) is 21.2. The third kappa shape index (κ3) is 6.66. The molecule has 0 saturated carbocycles. The number of nitrogens with one attached hydrogen (secondary N) is 3. The average Bonchev–Trinajstić information content (AvgIpc) is 2.87. The second-order valence-corrected chi connectivity index (χ2v) is 12.6. The zero-order chi connectivity index (χ0) is 28.4. The van der Waals surface area contributed by atoms with Crippen molar-refractivity contribution in [1.29, 1.82) is 0 Å². The van der Waals surface area contributed by atoms with E-state index in [1.165, 1.54) is 16.7 Å². The number of carbonyl (C=O) groups excluding carboxylic acids is 4.